The van der Waals surface area contributed by atoms with Crippen molar-refractivity contribution < 1.29 is 9.32 Å². The van der Waals surface area contributed by atoms with Crippen molar-refractivity contribution in [3.63, 3.8) is 0 Å². The summed E-state index contributed by atoms with van der Waals surface area (Å²) in [5.74, 6) is 2.36. The maximum absolute atomic E-state index is 12.5. The van der Waals surface area contributed by atoms with Gasteiger partial charge in [0.25, 0.3) is 0 Å². The first kappa shape index (κ1) is 21.5. The van der Waals surface area contributed by atoms with E-state index >= 15 is 0 Å². The number of aromatic nitrogens is 2. The fourth-order valence-corrected chi connectivity index (χ4v) is 3.67. The summed E-state index contributed by atoms with van der Waals surface area (Å²) >= 11 is 0. The van der Waals surface area contributed by atoms with Gasteiger partial charge in [0.1, 0.15) is 0 Å². The lowest BCUT2D eigenvalue weighted by Crippen LogP contribution is -2.54. The summed E-state index contributed by atoms with van der Waals surface area (Å²) in [6.07, 6.45) is 3.52. The largest absolute Gasteiger partial charge is 0.349 e. The molecule has 3 rings (SSSR count). The number of piperazine rings is 1. The predicted octanol–water partition coefficient (Wildman–Crippen LogP) is 1.07. The molecule has 1 N–H and O–H groups in total. The molecule has 0 saturated carbocycles. The molecule has 162 valence electrons. The molecule has 0 aromatic carbocycles. The number of rotatable bonds is 4. The highest BCUT2D eigenvalue weighted by Crippen LogP contribution is 2.19. The Kier molecular flexibility index (Phi) is 7.10. The van der Waals surface area contributed by atoms with Crippen LogP contribution in [0.15, 0.2) is 9.52 Å². The van der Waals surface area contributed by atoms with Crippen LogP contribution in [0.3, 0.4) is 0 Å². The van der Waals surface area contributed by atoms with Crippen LogP contribution < -0.4 is 5.32 Å². The molecule has 1 aromatic heterocycles. The van der Waals surface area contributed by atoms with E-state index in [1.807, 2.05) is 25.7 Å². The average molecular weight is 406 g/mol. The Morgan fingerprint density at radius 1 is 1.07 bits per heavy atom. The molecule has 2 aliphatic rings. The summed E-state index contributed by atoms with van der Waals surface area (Å²) in [6.45, 7) is 12.4. The second-order valence-corrected chi connectivity index (χ2v) is 8.87. The van der Waals surface area contributed by atoms with Crippen LogP contribution in [-0.4, -0.2) is 89.6 Å². The Balaban J connectivity index is 1.44. The summed E-state index contributed by atoms with van der Waals surface area (Å²) < 4.78 is 5.34. The number of likely N-dealkylation sites (tertiary alicyclic amines) is 1. The maximum atomic E-state index is 12.5. The highest BCUT2D eigenvalue weighted by atomic mass is 16.5. The molecule has 1 amide bonds. The van der Waals surface area contributed by atoms with Gasteiger partial charge in [0, 0.05) is 51.7 Å². The molecule has 3 heterocycles. The second-order valence-electron chi connectivity index (χ2n) is 8.87. The molecule has 9 nitrogen and oxygen atoms in total. The number of aliphatic imine (C=N–C) groups is 1. The predicted molar refractivity (Wildman–Crippen MR) is 112 cm³/mol. The molecule has 0 atom stereocenters. The van der Waals surface area contributed by atoms with Crippen LogP contribution >= 0.6 is 0 Å². The molecule has 0 unspecified atom stereocenters. The van der Waals surface area contributed by atoms with Crippen molar-refractivity contribution in [1.82, 2.24) is 30.2 Å². The number of hydrogen-bond acceptors (Lipinski definition) is 6. The molecular formula is C20H35N7O2. The molecule has 2 saturated heterocycles. The molecule has 29 heavy (non-hydrogen) atoms. The van der Waals surface area contributed by atoms with E-state index in [9.17, 15) is 4.79 Å². The molecule has 1 aromatic rings. The minimum Gasteiger partial charge on any atom is -0.349 e. The van der Waals surface area contributed by atoms with E-state index in [1.165, 1.54) is 6.42 Å². The van der Waals surface area contributed by atoms with E-state index in [1.54, 1.807) is 7.05 Å². The summed E-state index contributed by atoms with van der Waals surface area (Å²) in [5, 5.41) is 7.38. The van der Waals surface area contributed by atoms with Gasteiger partial charge in [0.05, 0.1) is 13.1 Å². The van der Waals surface area contributed by atoms with Gasteiger partial charge in [0.2, 0.25) is 11.8 Å². The second kappa shape index (κ2) is 9.56. The standard InChI is InChI=1S/C20H35N7O2/c1-20(2,3)18-23-16(24-29-18)14-22-19(21-4)27-12-10-25(11-13-27)15-17(28)26-8-6-5-7-9-26/h5-15H2,1-4H3,(H,21,22). The van der Waals surface area contributed by atoms with Crippen LogP contribution in [0.1, 0.15) is 51.7 Å². The zero-order valence-corrected chi connectivity index (χ0v) is 18.3. The average Bonchev–Trinajstić information content (AvgIpc) is 3.20. The van der Waals surface area contributed by atoms with Crippen LogP contribution in [0.25, 0.3) is 0 Å². The minimum atomic E-state index is -0.158. The van der Waals surface area contributed by atoms with E-state index in [-0.39, 0.29) is 11.3 Å². The van der Waals surface area contributed by atoms with Gasteiger partial charge < -0.3 is 19.6 Å². The van der Waals surface area contributed by atoms with Gasteiger partial charge in [-0.15, -0.1) is 0 Å². The summed E-state index contributed by atoms with van der Waals surface area (Å²) in [4.78, 5) is 27.8. The zero-order valence-electron chi connectivity index (χ0n) is 18.3. The number of nitrogens with one attached hydrogen (secondary N) is 1. The van der Waals surface area contributed by atoms with Gasteiger partial charge >= 0.3 is 0 Å². The highest BCUT2D eigenvalue weighted by molar-refractivity contribution is 5.80. The number of hydrogen-bond donors (Lipinski definition) is 1. The van der Waals surface area contributed by atoms with Crippen LogP contribution in [0, 0.1) is 0 Å². The van der Waals surface area contributed by atoms with Crippen molar-refractivity contribution in [2.24, 2.45) is 4.99 Å². The molecule has 0 aliphatic carbocycles. The monoisotopic (exact) mass is 405 g/mol. The Labute approximate surface area is 173 Å². The topological polar surface area (TPSA) is 90.1 Å². The first-order valence-corrected chi connectivity index (χ1v) is 10.7. The van der Waals surface area contributed by atoms with Crippen molar-refractivity contribution in [2.75, 3.05) is 52.9 Å². The lowest BCUT2D eigenvalue weighted by molar-refractivity contribution is -0.133. The Bertz CT molecular complexity index is 696. The van der Waals surface area contributed by atoms with Crippen LogP contribution in [0.5, 0.6) is 0 Å². The van der Waals surface area contributed by atoms with Gasteiger partial charge in [-0.1, -0.05) is 25.9 Å². The molecule has 0 bridgehead atoms. The first-order chi connectivity index (χ1) is 13.9. The van der Waals surface area contributed by atoms with Gasteiger partial charge in [-0.25, -0.2) is 0 Å². The first-order valence-electron chi connectivity index (χ1n) is 10.7. The molecule has 0 spiro atoms. The van der Waals surface area contributed by atoms with E-state index < -0.39 is 0 Å². The molecule has 2 fully saturated rings. The Hall–Kier alpha value is -2.16. The lowest BCUT2D eigenvalue weighted by Gasteiger charge is -2.37. The van der Waals surface area contributed by atoms with Gasteiger partial charge in [-0.3, -0.25) is 14.7 Å². The normalized spacial score (nSPS) is 19.5. The Morgan fingerprint density at radius 2 is 1.76 bits per heavy atom. The SMILES string of the molecule is CN=C(NCc1noc(C(C)(C)C)n1)N1CCN(CC(=O)N2CCCCC2)CC1. The maximum Gasteiger partial charge on any atom is 0.236 e. The Morgan fingerprint density at radius 3 is 2.34 bits per heavy atom. The van der Waals surface area contributed by atoms with Crippen molar-refractivity contribution >= 4 is 11.9 Å². The smallest absolute Gasteiger partial charge is 0.236 e. The van der Waals surface area contributed by atoms with Crippen LogP contribution in [-0.2, 0) is 16.8 Å². The van der Waals surface area contributed by atoms with Crippen LogP contribution in [0.2, 0.25) is 0 Å². The third kappa shape index (κ3) is 5.91. The van der Waals surface area contributed by atoms with Crippen molar-refractivity contribution in [1.29, 1.82) is 0 Å². The van der Waals surface area contributed by atoms with Gasteiger partial charge in [-0.05, 0) is 19.3 Å². The zero-order chi connectivity index (χ0) is 20.9. The number of piperidine rings is 1. The fourth-order valence-electron chi connectivity index (χ4n) is 3.67. The highest BCUT2D eigenvalue weighted by Gasteiger charge is 2.25. The molecule has 9 heteroatoms. The minimum absolute atomic E-state index is 0.158. The number of carbonyl (C=O) groups excluding carboxylic acids is 1. The summed E-state index contributed by atoms with van der Waals surface area (Å²) in [6, 6.07) is 0. The van der Waals surface area contributed by atoms with E-state index in [0.717, 1.165) is 58.1 Å². The number of guanidine groups is 1. The molecular weight excluding hydrogens is 370 g/mol. The van der Waals surface area contributed by atoms with Gasteiger partial charge in [-0.2, -0.15) is 4.98 Å². The number of carbonyl (C=O) groups is 1. The third-order valence-corrected chi connectivity index (χ3v) is 5.47. The summed E-state index contributed by atoms with van der Waals surface area (Å²) in [5.41, 5.74) is -0.158. The van der Waals surface area contributed by atoms with Crippen molar-refractivity contribution in [2.45, 2.75) is 52.0 Å². The molecule has 2 aliphatic heterocycles. The lowest BCUT2D eigenvalue weighted by atomic mass is 9.97. The summed E-state index contributed by atoms with van der Waals surface area (Å²) in [7, 11) is 1.78. The fraction of sp³-hybridized carbons (Fsp3) is 0.800. The third-order valence-electron chi connectivity index (χ3n) is 5.47. The van der Waals surface area contributed by atoms with E-state index in [4.69, 9.17) is 4.52 Å². The molecule has 0 radical (unpaired) electrons. The van der Waals surface area contributed by atoms with E-state index in [2.05, 4.69) is 30.2 Å². The number of amides is 1. The van der Waals surface area contributed by atoms with Crippen LogP contribution in [0.4, 0.5) is 0 Å². The van der Waals surface area contributed by atoms with Crippen molar-refractivity contribution in [3.05, 3.63) is 11.7 Å². The quantitative estimate of drug-likeness (QED) is 0.592. The van der Waals surface area contributed by atoms with Crippen molar-refractivity contribution in [3.8, 4) is 0 Å². The van der Waals surface area contributed by atoms with Gasteiger partial charge in [0.15, 0.2) is 11.8 Å². The van der Waals surface area contributed by atoms with E-state index in [0.29, 0.717) is 24.8 Å². The number of nitrogens with zero attached hydrogens (tertiary/aromatic N) is 6.